The van der Waals surface area contributed by atoms with E-state index in [0.717, 1.165) is 94.6 Å². The molecule has 2 saturated carbocycles. The number of aromatic nitrogens is 4. The second-order valence-electron chi connectivity index (χ2n) is 18.5. The lowest BCUT2D eigenvalue weighted by Gasteiger charge is -2.37. The lowest BCUT2D eigenvalue weighted by Crippen LogP contribution is -2.54. The maximum atomic E-state index is 14.0. The number of imidazole rings is 2. The van der Waals surface area contributed by atoms with Crippen molar-refractivity contribution in [2.24, 2.45) is 23.2 Å². The Bertz CT molecular complexity index is 2510. The van der Waals surface area contributed by atoms with Crippen LogP contribution in [-0.2, 0) is 19.1 Å². The van der Waals surface area contributed by atoms with Crippen LogP contribution in [0.2, 0.25) is 0 Å². The molecule has 4 aliphatic rings. The van der Waals surface area contributed by atoms with Gasteiger partial charge in [0.15, 0.2) is 0 Å². The van der Waals surface area contributed by atoms with Crippen LogP contribution in [0.5, 0.6) is 0 Å². The SMILES string of the molecule is COC(=O)NC(C(=O)N1CC2(CC2)C[C@H]1c1ncc(-c2ccc3cc(-c4ccc(-c5cnc([C@@H]6[C@H]7CC[C@H](C7)N6C(=O)C(NC(=O)OC)C(C)C)[nH]5)cc4)ccc3c2)[nH]1)C(C)C. The minimum absolute atomic E-state index is 0.0907. The van der Waals surface area contributed by atoms with E-state index in [0.29, 0.717) is 12.5 Å². The predicted molar refractivity (Wildman–Crippen MR) is 234 cm³/mol. The lowest BCUT2D eigenvalue weighted by molar-refractivity contribution is -0.139. The average molecular weight is 841 g/mol. The van der Waals surface area contributed by atoms with Gasteiger partial charge in [0.25, 0.3) is 0 Å². The smallest absolute Gasteiger partial charge is 0.407 e. The third-order valence-electron chi connectivity index (χ3n) is 13.8. The molecule has 4 N–H and O–H groups in total. The summed E-state index contributed by atoms with van der Waals surface area (Å²) in [6.45, 7) is 8.37. The molecular weight excluding hydrogens is 785 g/mol. The summed E-state index contributed by atoms with van der Waals surface area (Å²) >= 11 is 0. The van der Waals surface area contributed by atoms with E-state index in [9.17, 15) is 19.2 Å². The van der Waals surface area contributed by atoms with Crippen molar-refractivity contribution >= 4 is 34.8 Å². The number of carbonyl (C=O) groups excluding carboxylic acids is 4. The summed E-state index contributed by atoms with van der Waals surface area (Å²) in [6, 6.07) is 19.7. The summed E-state index contributed by atoms with van der Waals surface area (Å²) in [5, 5.41) is 7.73. The molecule has 14 heteroatoms. The number of alkyl carbamates (subject to hydrolysis) is 2. The quantitative estimate of drug-likeness (QED) is 0.103. The molecule has 2 aliphatic heterocycles. The number of methoxy groups -OCH3 is 2. The number of piperidine rings is 1. The number of hydrogen-bond donors (Lipinski definition) is 4. The molecule has 1 spiro atoms. The number of amides is 4. The molecule has 0 radical (unpaired) electrons. The highest BCUT2D eigenvalue weighted by Crippen LogP contribution is 2.58. The van der Waals surface area contributed by atoms with Crippen LogP contribution in [0.4, 0.5) is 9.59 Å². The fourth-order valence-corrected chi connectivity index (χ4v) is 10.2. The van der Waals surface area contributed by atoms with Gasteiger partial charge < -0.3 is 39.9 Å². The van der Waals surface area contributed by atoms with E-state index in [1.165, 1.54) is 14.2 Å². The second-order valence-corrected chi connectivity index (χ2v) is 18.5. The van der Waals surface area contributed by atoms with Crippen molar-refractivity contribution in [2.75, 3.05) is 20.8 Å². The summed E-state index contributed by atoms with van der Waals surface area (Å²) in [4.78, 5) is 72.7. The van der Waals surface area contributed by atoms with E-state index >= 15 is 0 Å². The maximum Gasteiger partial charge on any atom is 0.407 e. The number of carbonyl (C=O) groups is 4. The molecular formula is C48H56N8O6. The standard InChI is InChI=1S/C48H56N8O6/c1-26(2)39(53-46(59)61-5)44(57)55-25-48(17-18-48)22-38(55)42-49-24-37(51-42)33-14-13-31-19-30(11-12-32(31)20-33)28-7-9-29(10-8-28)36-23-50-43(52-36)41-34-15-16-35(21-34)56(41)45(58)40(27(3)4)54-47(60)62-6/h7-14,19-20,23-24,26-27,34-35,38-41H,15-18,21-22,25H2,1-6H3,(H,49,51)(H,50,52)(H,53,59)(H,54,60)/t34-,35+,38-,39?,40?,41-/m0/s1. The van der Waals surface area contributed by atoms with Crippen LogP contribution < -0.4 is 10.6 Å². The molecule has 14 nitrogen and oxygen atoms in total. The minimum atomic E-state index is -0.687. The van der Waals surface area contributed by atoms with Crippen LogP contribution >= 0.6 is 0 Å². The molecule has 2 aliphatic carbocycles. The van der Waals surface area contributed by atoms with Crippen LogP contribution in [0, 0.1) is 23.2 Å². The van der Waals surface area contributed by atoms with Crippen molar-refractivity contribution in [3.8, 4) is 33.6 Å². The minimum Gasteiger partial charge on any atom is -0.453 e. The van der Waals surface area contributed by atoms with E-state index in [-0.39, 0.29) is 47.2 Å². The first-order chi connectivity index (χ1) is 29.8. The summed E-state index contributed by atoms with van der Waals surface area (Å²) < 4.78 is 9.65. The molecule has 4 fully saturated rings. The first-order valence-electron chi connectivity index (χ1n) is 21.9. The molecule has 9 rings (SSSR count). The molecule has 2 bridgehead atoms. The van der Waals surface area contributed by atoms with Crippen molar-refractivity contribution in [1.82, 2.24) is 40.4 Å². The zero-order chi connectivity index (χ0) is 43.4. The Morgan fingerprint density at radius 3 is 1.89 bits per heavy atom. The van der Waals surface area contributed by atoms with Gasteiger partial charge in [0.2, 0.25) is 11.8 Å². The second kappa shape index (κ2) is 16.3. The van der Waals surface area contributed by atoms with Gasteiger partial charge in [0, 0.05) is 18.2 Å². The number of ether oxygens (including phenoxy) is 2. The van der Waals surface area contributed by atoms with Crippen molar-refractivity contribution in [3.63, 3.8) is 0 Å². The topological polar surface area (TPSA) is 175 Å². The van der Waals surface area contributed by atoms with Crippen molar-refractivity contribution in [3.05, 3.63) is 84.7 Å². The molecule has 2 aromatic heterocycles. The number of hydrogen-bond acceptors (Lipinski definition) is 8. The Labute approximate surface area is 361 Å². The summed E-state index contributed by atoms with van der Waals surface area (Å²) in [6.07, 6.45) is 8.43. The van der Waals surface area contributed by atoms with Gasteiger partial charge in [0.05, 0.1) is 50.1 Å². The number of nitrogens with one attached hydrogen (secondary N) is 4. The van der Waals surface area contributed by atoms with Crippen molar-refractivity contribution < 1.29 is 28.7 Å². The third-order valence-corrected chi connectivity index (χ3v) is 13.8. The van der Waals surface area contributed by atoms with Gasteiger partial charge in [-0.1, -0.05) is 76.2 Å². The molecule has 6 atom stereocenters. The van der Waals surface area contributed by atoms with Crippen LogP contribution in [0.3, 0.4) is 0 Å². The summed E-state index contributed by atoms with van der Waals surface area (Å²) in [5.74, 6) is 1.45. The maximum absolute atomic E-state index is 14.0. The fraction of sp³-hybridized carbons (Fsp3) is 0.458. The van der Waals surface area contributed by atoms with E-state index in [4.69, 9.17) is 19.4 Å². The van der Waals surface area contributed by atoms with Crippen molar-refractivity contribution in [1.29, 1.82) is 0 Å². The highest BCUT2D eigenvalue weighted by atomic mass is 16.5. The fourth-order valence-electron chi connectivity index (χ4n) is 10.2. The Morgan fingerprint density at radius 2 is 1.26 bits per heavy atom. The van der Waals surface area contributed by atoms with Crippen LogP contribution in [0.15, 0.2) is 73.1 Å². The molecule has 324 valence electrons. The Hall–Kier alpha value is -6.18. The molecule has 2 saturated heterocycles. The van der Waals surface area contributed by atoms with Crippen molar-refractivity contribution in [2.45, 2.75) is 96.4 Å². The highest BCUT2D eigenvalue weighted by molar-refractivity contribution is 5.91. The van der Waals surface area contributed by atoms with Gasteiger partial charge in [-0.25, -0.2) is 19.6 Å². The Kier molecular flexibility index (Phi) is 10.8. The number of H-pyrrole nitrogens is 2. The molecule has 4 amide bonds. The normalized spacial score (nSPS) is 22.1. The monoisotopic (exact) mass is 840 g/mol. The van der Waals surface area contributed by atoms with Gasteiger partial charge in [0.1, 0.15) is 23.7 Å². The van der Waals surface area contributed by atoms with E-state index < -0.39 is 24.3 Å². The number of nitrogens with zero attached hydrogens (tertiary/aromatic N) is 4. The molecule has 5 aromatic rings. The summed E-state index contributed by atoms with van der Waals surface area (Å²) in [5.41, 5.74) is 6.09. The zero-order valence-corrected chi connectivity index (χ0v) is 36.2. The van der Waals surface area contributed by atoms with Crippen LogP contribution in [0.25, 0.3) is 44.4 Å². The molecule has 4 heterocycles. The van der Waals surface area contributed by atoms with Gasteiger partial charge in [-0.3, -0.25) is 9.59 Å². The molecule has 62 heavy (non-hydrogen) atoms. The van der Waals surface area contributed by atoms with Gasteiger partial charge in [-0.2, -0.15) is 0 Å². The largest absolute Gasteiger partial charge is 0.453 e. The van der Waals surface area contributed by atoms with Gasteiger partial charge in [-0.15, -0.1) is 0 Å². The first-order valence-corrected chi connectivity index (χ1v) is 21.9. The van der Waals surface area contributed by atoms with Crippen LogP contribution in [0.1, 0.15) is 90.0 Å². The average Bonchev–Trinajstić information content (AvgIpc) is 3.91. The van der Waals surface area contributed by atoms with Crippen LogP contribution in [-0.4, -0.2) is 92.6 Å². The zero-order valence-electron chi connectivity index (χ0n) is 36.2. The van der Waals surface area contributed by atoms with E-state index in [1.54, 1.807) is 0 Å². The Morgan fingerprint density at radius 1 is 0.710 bits per heavy atom. The number of aromatic amines is 2. The van der Waals surface area contributed by atoms with E-state index in [2.05, 4.69) is 81.3 Å². The third kappa shape index (κ3) is 7.68. The number of likely N-dealkylation sites (tertiary alicyclic amines) is 2. The van der Waals surface area contributed by atoms with Gasteiger partial charge >= 0.3 is 12.2 Å². The summed E-state index contributed by atoms with van der Waals surface area (Å²) in [7, 11) is 2.62. The number of benzene rings is 3. The number of fused-ring (bicyclic) bond motifs is 3. The van der Waals surface area contributed by atoms with Gasteiger partial charge in [-0.05, 0) is 101 Å². The predicted octanol–water partition coefficient (Wildman–Crippen LogP) is 8.15. The molecule has 3 aromatic carbocycles. The Balaban J connectivity index is 0.893. The van der Waals surface area contributed by atoms with E-state index in [1.807, 2.05) is 49.9 Å². The molecule has 2 unspecified atom stereocenters. The number of rotatable bonds is 11. The lowest BCUT2D eigenvalue weighted by atomic mass is 9.95. The first kappa shape index (κ1) is 41.2. The highest BCUT2D eigenvalue weighted by Gasteiger charge is 2.55.